The van der Waals surface area contributed by atoms with Crippen LogP contribution in [-0.2, 0) is 14.3 Å². The lowest BCUT2D eigenvalue weighted by molar-refractivity contribution is 0.187. The summed E-state index contributed by atoms with van der Waals surface area (Å²) in [5, 5.41) is 0. The van der Waals surface area contributed by atoms with E-state index in [0.29, 0.717) is 0 Å². The zero-order valence-electron chi connectivity index (χ0n) is 5.79. The Balaban J connectivity index is 3.53. The normalized spacial score (nSPS) is 12.4. The third-order valence-electron chi connectivity index (χ3n) is 0.525. The van der Waals surface area contributed by atoms with Gasteiger partial charge in [-0.15, -0.1) is 0 Å². The first-order chi connectivity index (χ1) is 3.92. The summed E-state index contributed by atoms with van der Waals surface area (Å²) in [6.45, 7) is 0.110. The molecular formula is C4H11NO3S. The van der Waals surface area contributed by atoms with Crippen LogP contribution in [0.25, 0.3) is 0 Å². The summed E-state index contributed by atoms with van der Waals surface area (Å²) >= 11 is 0. The summed E-state index contributed by atoms with van der Waals surface area (Å²) in [6, 6.07) is 0. The summed E-state index contributed by atoms with van der Waals surface area (Å²) in [5.74, 6) is 0. The van der Waals surface area contributed by atoms with E-state index in [1.165, 1.54) is 0 Å². The first-order valence-corrected chi connectivity index (χ1v) is 4.22. The highest BCUT2D eigenvalue weighted by atomic mass is 32.2. The number of nitrogens with zero attached hydrogens (tertiary/aromatic N) is 1. The lowest BCUT2D eigenvalue weighted by Gasteiger charge is -2.07. The lowest BCUT2D eigenvalue weighted by Crippen LogP contribution is -2.18. The minimum atomic E-state index is -3.26. The zero-order chi connectivity index (χ0) is 7.49. The standard InChI is InChI=1S/C4H11NO3S/c1-5(2)4-8-9(3,6)7/h4H2,1-3H3. The van der Waals surface area contributed by atoms with Crippen LogP contribution < -0.4 is 0 Å². The maximum Gasteiger partial charge on any atom is 0.265 e. The van der Waals surface area contributed by atoms with Crippen molar-refractivity contribution in [2.45, 2.75) is 0 Å². The molecule has 0 radical (unpaired) electrons. The quantitative estimate of drug-likeness (QED) is 0.404. The molecule has 9 heavy (non-hydrogen) atoms. The summed E-state index contributed by atoms with van der Waals surface area (Å²) in [4.78, 5) is 1.63. The van der Waals surface area contributed by atoms with E-state index in [9.17, 15) is 8.42 Å². The van der Waals surface area contributed by atoms with Gasteiger partial charge >= 0.3 is 0 Å². The van der Waals surface area contributed by atoms with Gasteiger partial charge in [0.25, 0.3) is 10.1 Å². The van der Waals surface area contributed by atoms with Gasteiger partial charge in [-0.2, -0.15) is 8.42 Å². The molecule has 0 saturated heterocycles. The maximum atomic E-state index is 10.3. The Labute approximate surface area is 55.5 Å². The van der Waals surface area contributed by atoms with Gasteiger partial charge in [-0.1, -0.05) is 0 Å². The van der Waals surface area contributed by atoms with Crippen LogP contribution in [0.5, 0.6) is 0 Å². The number of rotatable bonds is 3. The van der Waals surface area contributed by atoms with Gasteiger partial charge in [0.2, 0.25) is 0 Å². The van der Waals surface area contributed by atoms with Crippen molar-refractivity contribution in [3.63, 3.8) is 0 Å². The van der Waals surface area contributed by atoms with E-state index >= 15 is 0 Å². The molecule has 4 nitrogen and oxygen atoms in total. The third kappa shape index (κ3) is 7.87. The van der Waals surface area contributed by atoms with Gasteiger partial charge < -0.3 is 0 Å². The Morgan fingerprint density at radius 2 is 1.89 bits per heavy atom. The predicted octanol–water partition coefficient (Wildman–Crippen LogP) is -0.518. The largest absolute Gasteiger partial charge is 0.286 e. The van der Waals surface area contributed by atoms with E-state index in [1.807, 2.05) is 0 Å². The molecule has 5 heteroatoms. The highest BCUT2D eigenvalue weighted by molar-refractivity contribution is 7.85. The summed E-state index contributed by atoms with van der Waals surface area (Å²) in [5.41, 5.74) is 0. The van der Waals surface area contributed by atoms with Gasteiger partial charge in [0.1, 0.15) is 6.73 Å². The SMILES string of the molecule is CN(C)COS(C)(=O)=O. The van der Waals surface area contributed by atoms with Crippen LogP contribution in [0.4, 0.5) is 0 Å². The fourth-order valence-electron chi connectivity index (χ4n) is 0.201. The second-order valence-corrected chi connectivity index (χ2v) is 3.67. The van der Waals surface area contributed by atoms with Crippen molar-refractivity contribution in [1.82, 2.24) is 4.90 Å². The minimum absolute atomic E-state index is 0.110. The summed E-state index contributed by atoms with van der Waals surface area (Å²) in [6.07, 6.45) is 1.02. The first kappa shape index (κ1) is 8.87. The summed E-state index contributed by atoms with van der Waals surface area (Å²) in [7, 11) is 0.194. The molecule has 0 heterocycles. The predicted molar refractivity (Wildman–Crippen MR) is 34.5 cm³/mol. The Morgan fingerprint density at radius 1 is 1.44 bits per heavy atom. The molecule has 0 saturated carbocycles. The molecular weight excluding hydrogens is 142 g/mol. The van der Waals surface area contributed by atoms with Gasteiger partial charge in [0.15, 0.2) is 0 Å². The van der Waals surface area contributed by atoms with E-state index in [4.69, 9.17) is 0 Å². The molecule has 56 valence electrons. The van der Waals surface area contributed by atoms with Crippen molar-refractivity contribution >= 4 is 10.1 Å². The average Bonchev–Trinajstić information content (AvgIpc) is 1.59. The fourth-order valence-corrected chi connectivity index (χ4v) is 0.603. The molecule has 0 atom stereocenters. The smallest absolute Gasteiger partial charge is 0.265 e. The van der Waals surface area contributed by atoms with Crippen molar-refractivity contribution in [2.75, 3.05) is 27.1 Å². The molecule has 0 fully saturated rings. The Bertz CT molecular complexity index is 161. The number of hydrogen-bond acceptors (Lipinski definition) is 4. The van der Waals surface area contributed by atoms with Crippen molar-refractivity contribution in [2.24, 2.45) is 0 Å². The molecule has 0 bridgehead atoms. The van der Waals surface area contributed by atoms with Gasteiger partial charge in [-0.25, -0.2) is 0 Å². The van der Waals surface area contributed by atoms with E-state index in [0.717, 1.165) is 6.26 Å². The highest BCUT2D eigenvalue weighted by Crippen LogP contribution is 1.86. The highest BCUT2D eigenvalue weighted by Gasteiger charge is 2.00. The van der Waals surface area contributed by atoms with Gasteiger partial charge in [-0.3, -0.25) is 9.08 Å². The molecule has 0 amide bonds. The second-order valence-electron chi connectivity index (χ2n) is 2.03. The molecule has 0 unspecified atom stereocenters. The van der Waals surface area contributed by atoms with E-state index in [-0.39, 0.29) is 6.73 Å². The molecule has 0 spiro atoms. The maximum absolute atomic E-state index is 10.3. The van der Waals surface area contributed by atoms with Crippen LogP contribution in [0.1, 0.15) is 0 Å². The summed E-state index contributed by atoms with van der Waals surface area (Å²) < 4.78 is 25.0. The van der Waals surface area contributed by atoms with Gasteiger partial charge in [0, 0.05) is 0 Å². The lowest BCUT2D eigenvalue weighted by atomic mass is 11.0. The van der Waals surface area contributed by atoms with Gasteiger partial charge in [-0.05, 0) is 14.1 Å². The van der Waals surface area contributed by atoms with Crippen molar-refractivity contribution in [3.05, 3.63) is 0 Å². The molecule has 0 rings (SSSR count). The molecule has 0 aromatic carbocycles. The average molecular weight is 153 g/mol. The minimum Gasteiger partial charge on any atom is -0.286 e. The van der Waals surface area contributed by atoms with E-state index in [2.05, 4.69) is 4.18 Å². The van der Waals surface area contributed by atoms with Crippen molar-refractivity contribution in [3.8, 4) is 0 Å². The third-order valence-corrected chi connectivity index (χ3v) is 1.06. The second kappa shape index (κ2) is 3.14. The van der Waals surface area contributed by atoms with E-state index < -0.39 is 10.1 Å². The molecule has 0 aromatic rings. The Hall–Kier alpha value is -0.130. The molecule has 0 N–H and O–H groups in total. The molecule has 0 aliphatic rings. The monoisotopic (exact) mass is 153 g/mol. The molecule has 0 aromatic heterocycles. The van der Waals surface area contributed by atoms with Crippen LogP contribution in [0.3, 0.4) is 0 Å². The number of hydrogen-bond donors (Lipinski definition) is 0. The fraction of sp³-hybridized carbons (Fsp3) is 1.00. The van der Waals surface area contributed by atoms with Gasteiger partial charge in [0.05, 0.1) is 6.26 Å². The van der Waals surface area contributed by atoms with Crippen LogP contribution in [-0.4, -0.2) is 40.4 Å². The van der Waals surface area contributed by atoms with Crippen LogP contribution in [0.2, 0.25) is 0 Å². The van der Waals surface area contributed by atoms with Crippen molar-refractivity contribution < 1.29 is 12.6 Å². The first-order valence-electron chi connectivity index (χ1n) is 2.41. The molecule has 0 aliphatic heterocycles. The molecule has 0 aliphatic carbocycles. The van der Waals surface area contributed by atoms with Crippen LogP contribution >= 0.6 is 0 Å². The Kier molecular flexibility index (Phi) is 3.10. The van der Waals surface area contributed by atoms with E-state index in [1.54, 1.807) is 19.0 Å². The topological polar surface area (TPSA) is 46.6 Å². The van der Waals surface area contributed by atoms with Crippen molar-refractivity contribution in [1.29, 1.82) is 0 Å². The van der Waals surface area contributed by atoms with Crippen LogP contribution in [0.15, 0.2) is 0 Å². The Morgan fingerprint density at radius 3 is 2.00 bits per heavy atom. The zero-order valence-corrected chi connectivity index (χ0v) is 6.60. The van der Waals surface area contributed by atoms with Crippen LogP contribution in [0, 0.1) is 0 Å².